The molecule has 1 aliphatic heterocycles. The number of nitrogens with zero attached hydrogens (tertiary/aromatic N) is 4. The van der Waals surface area contributed by atoms with E-state index in [0.29, 0.717) is 38.1 Å². The number of aromatic amines is 1. The number of ether oxygens (including phenoxy) is 2. The molecule has 1 saturated heterocycles. The smallest absolute Gasteiger partial charge is 0.260 e. The molecule has 8 nitrogen and oxygen atoms in total. The van der Waals surface area contributed by atoms with Gasteiger partial charge in [0.2, 0.25) is 0 Å². The van der Waals surface area contributed by atoms with Crippen molar-refractivity contribution in [3.63, 3.8) is 0 Å². The van der Waals surface area contributed by atoms with Crippen LogP contribution in [0.15, 0.2) is 30.5 Å². The van der Waals surface area contributed by atoms with E-state index in [-0.39, 0.29) is 12.5 Å². The van der Waals surface area contributed by atoms with Crippen LogP contribution in [0.25, 0.3) is 22.6 Å². The summed E-state index contributed by atoms with van der Waals surface area (Å²) in [5.74, 6) is 1.44. The molecule has 3 aromatic rings. The Balaban J connectivity index is 1.42. The van der Waals surface area contributed by atoms with Gasteiger partial charge in [0.25, 0.3) is 5.91 Å². The Morgan fingerprint density at radius 3 is 2.75 bits per heavy atom. The predicted molar refractivity (Wildman–Crippen MR) is 105 cm³/mol. The van der Waals surface area contributed by atoms with Gasteiger partial charge in [-0.05, 0) is 37.6 Å². The van der Waals surface area contributed by atoms with Crippen molar-refractivity contribution < 1.29 is 14.3 Å². The number of H-pyrrole nitrogens is 1. The zero-order valence-corrected chi connectivity index (χ0v) is 16.2. The zero-order chi connectivity index (χ0) is 19.5. The van der Waals surface area contributed by atoms with Gasteiger partial charge in [0.05, 0.1) is 25.5 Å². The summed E-state index contributed by atoms with van der Waals surface area (Å²) in [7, 11) is 0. The summed E-state index contributed by atoms with van der Waals surface area (Å²) in [4.78, 5) is 22.0. The Kier molecular flexibility index (Phi) is 5.29. The molecule has 1 atom stereocenters. The molecule has 8 heteroatoms. The van der Waals surface area contributed by atoms with Crippen molar-refractivity contribution in [2.75, 3.05) is 32.9 Å². The number of amides is 1. The van der Waals surface area contributed by atoms with E-state index < -0.39 is 0 Å². The highest BCUT2D eigenvalue weighted by Gasteiger charge is 2.17. The van der Waals surface area contributed by atoms with Crippen LogP contribution in [0.4, 0.5) is 0 Å². The van der Waals surface area contributed by atoms with Crippen LogP contribution in [0.1, 0.15) is 26.3 Å². The van der Waals surface area contributed by atoms with Crippen molar-refractivity contribution in [2.24, 2.45) is 0 Å². The first-order valence-corrected chi connectivity index (χ1v) is 9.67. The average Bonchev–Trinajstić information content (AvgIpc) is 3.33. The second-order valence-electron chi connectivity index (χ2n) is 6.98. The van der Waals surface area contributed by atoms with Crippen LogP contribution in [-0.4, -0.2) is 63.5 Å². The van der Waals surface area contributed by atoms with Crippen LogP contribution in [-0.2, 0) is 9.53 Å². The standard InChI is InChI=1S/C20H25N5O3/c1-3-14(2)25-20-17(12-21-25)22-19(23-20)15-4-6-16(7-5-15)28-13-18(26)24-8-10-27-11-9-24/h4-7,12,14H,3,8-11,13H2,1-2H3,(H,22,23)/t14-/m0/s1. The molecule has 0 bridgehead atoms. The van der Waals surface area contributed by atoms with E-state index in [1.165, 1.54) is 0 Å². The summed E-state index contributed by atoms with van der Waals surface area (Å²) in [6.07, 6.45) is 2.81. The molecule has 0 unspecified atom stereocenters. The van der Waals surface area contributed by atoms with E-state index in [0.717, 1.165) is 29.0 Å². The van der Waals surface area contributed by atoms with Gasteiger partial charge in [-0.25, -0.2) is 9.67 Å². The maximum absolute atomic E-state index is 12.2. The fraction of sp³-hybridized carbons (Fsp3) is 0.450. The van der Waals surface area contributed by atoms with Gasteiger partial charge in [0, 0.05) is 18.7 Å². The SMILES string of the molecule is CC[C@H](C)n1ncc2[nH]c(-c3ccc(OCC(=O)N4CCOCC4)cc3)nc21. The molecule has 0 radical (unpaired) electrons. The number of nitrogens with one attached hydrogen (secondary N) is 1. The van der Waals surface area contributed by atoms with Crippen molar-refractivity contribution in [1.29, 1.82) is 0 Å². The summed E-state index contributed by atoms with van der Waals surface area (Å²) in [5, 5.41) is 4.41. The van der Waals surface area contributed by atoms with Crippen molar-refractivity contribution in [3.8, 4) is 17.1 Å². The number of benzene rings is 1. The maximum Gasteiger partial charge on any atom is 0.260 e. The van der Waals surface area contributed by atoms with Crippen molar-refractivity contribution in [2.45, 2.75) is 26.3 Å². The summed E-state index contributed by atoms with van der Waals surface area (Å²) in [5.41, 5.74) is 2.74. The van der Waals surface area contributed by atoms with Crippen LogP contribution >= 0.6 is 0 Å². The number of hydrogen-bond acceptors (Lipinski definition) is 5. The molecule has 28 heavy (non-hydrogen) atoms. The molecule has 1 fully saturated rings. The van der Waals surface area contributed by atoms with Gasteiger partial charge in [-0.15, -0.1) is 0 Å². The van der Waals surface area contributed by atoms with Crippen LogP contribution in [0.2, 0.25) is 0 Å². The topological polar surface area (TPSA) is 85.3 Å². The van der Waals surface area contributed by atoms with Gasteiger partial charge in [0.1, 0.15) is 17.1 Å². The third kappa shape index (κ3) is 3.73. The first-order chi connectivity index (χ1) is 13.7. The van der Waals surface area contributed by atoms with Gasteiger partial charge in [-0.2, -0.15) is 5.10 Å². The van der Waals surface area contributed by atoms with Crippen molar-refractivity contribution in [3.05, 3.63) is 30.5 Å². The van der Waals surface area contributed by atoms with E-state index in [1.54, 1.807) is 4.90 Å². The van der Waals surface area contributed by atoms with Crippen LogP contribution < -0.4 is 4.74 Å². The number of rotatable bonds is 6. The Hall–Kier alpha value is -2.87. The Morgan fingerprint density at radius 1 is 1.29 bits per heavy atom. The minimum absolute atomic E-state index is 0.0146. The molecule has 0 aliphatic carbocycles. The van der Waals surface area contributed by atoms with Gasteiger partial charge >= 0.3 is 0 Å². The van der Waals surface area contributed by atoms with E-state index in [9.17, 15) is 4.79 Å². The minimum Gasteiger partial charge on any atom is -0.484 e. The number of carbonyl (C=O) groups is 1. The number of fused-ring (bicyclic) bond motifs is 1. The van der Waals surface area contributed by atoms with Crippen LogP contribution in [0.3, 0.4) is 0 Å². The van der Waals surface area contributed by atoms with Gasteiger partial charge < -0.3 is 19.4 Å². The molecule has 2 aromatic heterocycles. The molecule has 0 saturated carbocycles. The highest BCUT2D eigenvalue weighted by atomic mass is 16.5. The first-order valence-electron chi connectivity index (χ1n) is 9.67. The lowest BCUT2D eigenvalue weighted by atomic mass is 10.2. The van der Waals surface area contributed by atoms with Gasteiger partial charge in [0.15, 0.2) is 12.3 Å². The number of hydrogen-bond donors (Lipinski definition) is 1. The molecular weight excluding hydrogens is 358 g/mol. The van der Waals surface area contributed by atoms with E-state index in [2.05, 4.69) is 23.9 Å². The predicted octanol–water partition coefficient (Wildman–Crippen LogP) is 2.64. The molecule has 1 aromatic carbocycles. The van der Waals surface area contributed by atoms with Crippen LogP contribution in [0.5, 0.6) is 5.75 Å². The largest absolute Gasteiger partial charge is 0.484 e. The Morgan fingerprint density at radius 2 is 2.04 bits per heavy atom. The number of imidazole rings is 1. The third-order valence-electron chi connectivity index (χ3n) is 5.10. The number of carbonyl (C=O) groups excluding carboxylic acids is 1. The molecule has 4 rings (SSSR count). The highest BCUT2D eigenvalue weighted by Crippen LogP contribution is 2.24. The van der Waals surface area contributed by atoms with E-state index in [1.807, 2.05) is 35.1 Å². The Bertz CT molecular complexity index is 941. The van der Waals surface area contributed by atoms with E-state index in [4.69, 9.17) is 14.5 Å². The number of aromatic nitrogens is 4. The second-order valence-corrected chi connectivity index (χ2v) is 6.98. The molecule has 1 aliphatic rings. The zero-order valence-electron chi connectivity index (χ0n) is 16.2. The quantitative estimate of drug-likeness (QED) is 0.707. The molecule has 3 heterocycles. The molecule has 0 spiro atoms. The lowest BCUT2D eigenvalue weighted by Crippen LogP contribution is -2.42. The van der Waals surface area contributed by atoms with Crippen LogP contribution in [0, 0.1) is 0 Å². The monoisotopic (exact) mass is 383 g/mol. The first kappa shape index (κ1) is 18.5. The molecule has 1 amide bonds. The maximum atomic E-state index is 12.2. The summed E-state index contributed by atoms with van der Waals surface area (Å²) in [6.45, 7) is 6.73. The fourth-order valence-electron chi connectivity index (χ4n) is 3.21. The van der Waals surface area contributed by atoms with E-state index >= 15 is 0 Å². The third-order valence-corrected chi connectivity index (χ3v) is 5.10. The Labute approximate surface area is 163 Å². The van der Waals surface area contributed by atoms with Crippen molar-refractivity contribution >= 4 is 17.1 Å². The highest BCUT2D eigenvalue weighted by molar-refractivity contribution is 5.78. The average molecular weight is 383 g/mol. The second kappa shape index (κ2) is 8.02. The summed E-state index contributed by atoms with van der Waals surface area (Å²) in [6, 6.07) is 7.89. The normalized spacial score (nSPS) is 15.7. The summed E-state index contributed by atoms with van der Waals surface area (Å²) >= 11 is 0. The lowest BCUT2D eigenvalue weighted by molar-refractivity contribution is -0.137. The summed E-state index contributed by atoms with van der Waals surface area (Å²) < 4.78 is 12.9. The van der Waals surface area contributed by atoms with Crippen molar-refractivity contribution in [1.82, 2.24) is 24.6 Å². The van der Waals surface area contributed by atoms with Gasteiger partial charge in [-0.3, -0.25) is 4.79 Å². The lowest BCUT2D eigenvalue weighted by Gasteiger charge is -2.26. The van der Waals surface area contributed by atoms with Gasteiger partial charge in [-0.1, -0.05) is 6.92 Å². The molecule has 148 valence electrons. The fourth-order valence-corrected chi connectivity index (χ4v) is 3.21. The minimum atomic E-state index is -0.0146. The molecule has 1 N–H and O–H groups in total. The molecular formula is C20H25N5O3. The number of morpholine rings is 1.